The lowest BCUT2D eigenvalue weighted by atomic mass is 10.00. The summed E-state index contributed by atoms with van der Waals surface area (Å²) in [7, 11) is 0. The summed E-state index contributed by atoms with van der Waals surface area (Å²) in [6.07, 6.45) is 6.80. The lowest BCUT2D eigenvalue weighted by molar-refractivity contribution is 0.392. The molecule has 1 aliphatic rings. The van der Waals surface area contributed by atoms with Crippen LogP contribution in [0.1, 0.15) is 12.8 Å². The minimum Gasteiger partial charge on any atom is -0.367 e. The highest BCUT2D eigenvalue weighted by Crippen LogP contribution is 2.28. The molecule has 8 heteroatoms. The first-order chi connectivity index (χ1) is 12.2. The van der Waals surface area contributed by atoms with Gasteiger partial charge in [0, 0.05) is 29.9 Å². The SMILES string of the molecule is Fc1cnc(-c2c[nH]c3ncc(Cl)cc23)nc1NC[C@H]1CCCNC1. The molecular formula is C17H18ClFN6. The second kappa shape index (κ2) is 6.93. The largest absolute Gasteiger partial charge is 0.367 e. The van der Waals surface area contributed by atoms with Crippen LogP contribution < -0.4 is 10.6 Å². The molecule has 6 nitrogen and oxygen atoms in total. The Morgan fingerprint density at radius 1 is 1.32 bits per heavy atom. The van der Waals surface area contributed by atoms with Crippen molar-refractivity contribution in [2.45, 2.75) is 12.8 Å². The number of halogens is 2. The highest BCUT2D eigenvalue weighted by molar-refractivity contribution is 6.31. The molecule has 1 fully saturated rings. The highest BCUT2D eigenvalue weighted by atomic mass is 35.5. The number of piperidine rings is 1. The number of hydrogen-bond acceptors (Lipinski definition) is 5. The summed E-state index contributed by atoms with van der Waals surface area (Å²) < 4.78 is 14.1. The molecule has 130 valence electrons. The Morgan fingerprint density at radius 2 is 2.24 bits per heavy atom. The molecule has 4 heterocycles. The van der Waals surface area contributed by atoms with Crippen LogP contribution in [0, 0.1) is 11.7 Å². The molecule has 0 saturated carbocycles. The van der Waals surface area contributed by atoms with E-state index < -0.39 is 5.82 Å². The monoisotopic (exact) mass is 360 g/mol. The van der Waals surface area contributed by atoms with Crippen molar-refractivity contribution in [2.75, 3.05) is 25.0 Å². The van der Waals surface area contributed by atoms with E-state index in [9.17, 15) is 4.39 Å². The van der Waals surface area contributed by atoms with Crippen molar-refractivity contribution in [1.82, 2.24) is 25.3 Å². The van der Waals surface area contributed by atoms with E-state index in [2.05, 4.69) is 30.6 Å². The van der Waals surface area contributed by atoms with Crippen LogP contribution in [0.4, 0.5) is 10.2 Å². The first kappa shape index (κ1) is 16.2. The second-order valence-corrected chi connectivity index (χ2v) is 6.67. The van der Waals surface area contributed by atoms with E-state index in [1.54, 1.807) is 18.5 Å². The summed E-state index contributed by atoms with van der Waals surface area (Å²) in [6.45, 7) is 2.68. The van der Waals surface area contributed by atoms with Gasteiger partial charge in [0.25, 0.3) is 0 Å². The quantitative estimate of drug-likeness (QED) is 0.665. The van der Waals surface area contributed by atoms with Crippen LogP contribution in [0.5, 0.6) is 0 Å². The molecule has 3 aromatic heterocycles. The first-order valence-electron chi connectivity index (χ1n) is 8.31. The fourth-order valence-electron chi connectivity index (χ4n) is 3.12. The Hall–Kier alpha value is -2.25. The number of hydrogen-bond donors (Lipinski definition) is 3. The Bertz CT molecular complexity index is 890. The molecule has 3 N–H and O–H groups in total. The van der Waals surface area contributed by atoms with Gasteiger partial charge >= 0.3 is 0 Å². The molecular weight excluding hydrogens is 343 g/mol. The molecule has 3 aromatic rings. The molecule has 0 amide bonds. The van der Waals surface area contributed by atoms with E-state index in [-0.39, 0.29) is 5.82 Å². The molecule has 1 atom stereocenters. The predicted octanol–water partition coefficient (Wildman–Crippen LogP) is 3.22. The van der Waals surface area contributed by atoms with Gasteiger partial charge in [-0.3, -0.25) is 0 Å². The average molecular weight is 361 g/mol. The van der Waals surface area contributed by atoms with Gasteiger partial charge in [0.15, 0.2) is 17.5 Å². The van der Waals surface area contributed by atoms with Crippen molar-refractivity contribution in [1.29, 1.82) is 0 Å². The van der Waals surface area contributed by atoms with Gasteiger partial charge in [-0.2, -0.15) is 0 Å². The summed E-state index contributed by atoms with van der Waals surface area (Å²) in [5.41, 5.74) is 1.43. The summed E-state index contributed by atoms with van der Waals surface area (Å²) >= 11 is 6.03. The molecule has 0 spiro atoms. The van der Waals surface area contributed by atoms with E-state index in [0.717, 1.165) is 36.9 Å². The van der Waals surface area contributed by atoms with Gasteiger partial charge in [0.05, 0.1) is 11.2 Å². The Kier molecular flexibility index (Phi) is 4.50. The van der Waals surface area contributed by atoms with Crippen molar-refractivity contribution >= 4 is 28.5 Å². The molecule has 1 saturated heterocycles. The van der Waals surface area contributed by atoms with Gasteiger partial charge in [-0.25, -0.2) is 19.3 Å². The smallest absolute Gasteiger partial charge is 0.183 e. The van der Waals surface area contributed by atoms with Crippen molar-refractivity contribution in [3.63, 3.8) is 0 Å². The molecule has 0 aromatic carbocycles. The number of nitrogens with one attached hydrogen (secondary N) is 3. The summed E-state index contributed by atoms with van der Waals surface area (Å²) in [5, 5.41) is 7.81. The van der Waals surface area contributed by atoms with Crippen molar-refractivity contribution in [2.24, 2.45) is 5.92 Å². The number of nitrogens with zero attached hydrogens (tertiary/aromatic N) is 3. The zero-order chi connectivity index (χ0) is 17.2. The summed E-state index contributed by atoms with van der Waals surface area (Å²) in [4.78, 5) is 15.8. The third-order valence-electron chi connectivity index (χ3n) is 4.44. The third-order valence-corrected chi connectivity index (χ3v) is 4.65. The van der Waals surface area contributed by atoms with E-state index in [1.165, 1.54) is 6.20 Å². The van der Waals surface area contributed by atoms with E-state index in [4.69, 9.17) is 11.6 Å². The van der Waals surface area contributed by atoms with Crippen molar-refractivity contribution < 1.29 is 4.39 Å². The van der Waals surface area contributed by atoms with Gasteiger partial charge in [-0.15, -0.1) is 0 Å². The average Bonchev–Trinajstić information content (AvgIpc) is 3.05. The fraction of sp³-hybridized carbons (Fsp3) is 0.353. The molecule has 1 aliphatic heterocycles. The topological polar surface area (TPSA) is 78.5 Å². The number of fused-ring (bicyclic) bond motifs is 1. The van der Waals surface area contributed by atoms with Crippen LogP contribution in [0.3, 0.4) is 0 Å². The molecule has 4 rings (SSSR count). The lowest BCUT2D eigenvalue weighted by Gasteiger charge is -2.23. The van der Waals surface area contributed by atoms with Crippen LogP contribution in [0.15, 0.2) is 24.7 Å². The third kappa shape index (κ3) is 3.43. The number of pyridine rings is 1. The van der Waals surface area contributed by atoms with Crippen LogP contribution in [0.25, 0.3) is 22.4 Å². The molecule has 0 radical (unpaired) electrons. The number of rotatable bonds is 4. The zero-order valence-electron chi connectivity index (χ0n) is 13.5. The fourth-order valence-corrected chi connectivity index (χ4v) is 3.28. The Morgan fingerprint density at radius 3 is 3.08 bits per heavy atom. The normalized spacial score (nSPS) is 17.8. The van der Waals surface area contributed by atoms with Crippen LogP contribution in [0.2, 0.25) is 5.02 Å². The maximum absolute atomic E-state index is 14.1. The maximum atomic E-state index is 14.1. The van der Waals surface area contributed by atoms with Crippen LogP contribution in [-0.2, 0) is 0 Å². The van der Waals surface area contributed by atoms with Crippen LogP contribution >= 0.6 is 11.6 Å². The first-order valence-corrected chi connectivity index (χ1v) is 8.68. The number of aromatic nitrogens is 4. The number of aromatic amines is 1. The molecule has 0 bridgehead atoms. The van der Waals surface area contributed by atoms with Crippen molar-refractivity contribution in [3.05, 3.63) is 35.5 Å². The van der Waals surface area contributed by atoms with E-state index in [0.29, 0.717) is 29.0 Å². The summed E-state index contributed by atoms with van der Waals surface area (Å²) in [5.74, 6) is 0.673. The summed E-state index contributed by atoms with van der Waals surface area (Å²) in [6, 6.07) is 1.79. The van der Waals surface area contributed by atoms with Gasteiger partial charge in [-0.1, -0.05) is 11.6 Å². The van der Waals surface area contributed by atoms with Gasteiger partial charge in [0.2, 0.25) is 0 Å². The Labute approximate surface area is 149 Å². The Balaban J connectivity index is 1.60. The second-order valence-electron chi connectivity index (χ2n) is 6.24. The van der Waals surface area contributed by atoms with Crippen LogP contribution in [-0.4, -0.2) is 39.6 Å². The standard InChI is InChI=1S/C17H18ClFN6/c18-11-4-12-13(8-23-15(12)22-7-11)16-24-9-14(19)17(25-16)21-6-10-2-1-3-20-5-10/h4,7-10,20H,1-3,5-6H2,(H,22,23)(H,21,24,25)/t10-/m0/s1. The van der Waals surface area contributed by atoms with E-state index >= 15 is 0 Å². The van der Waals surface area contributed by atoms with Gasteiger partial charge in [-0.05, 0) is 37.9 Å². The predicted molar refractivity (Wildman–Crippen MR) is 96.2 cm³/mol. The minimum absolute atomic E-state index is 0.222. The van der Waals surface area contributed by atoms with Crippen molar-refractivity contribution in [3.8, 4) is 11.4 Å². The van der Waals surface area contributed by atoms with E-state index in [1.807, 2.05) is 0 Å². The zero-order valence-corrected chi connectivity index (χ0v) is 14.3. The molecule has 0 aliphatic carbocycles. The number of H-pyrrole nitrogens is 1. The molecule has 0 unspecified atom stereocenters. The van der Waals surface area contributed by atoms with Gasteiger partial charge < -0.3 is 15.6 Å². The molecule has 25 heavy (non-hydrogen) atoms. The lowest BCUT2D eigenvalue weighted by Crippen LogP contribution is -2.33. The number of anilines is 1. The van der Waals surface area contributed by atoms with Gasteiger partial charge in [0.1, 0.15) is 5.65 Å². The maximum Gasteiger partial charge on any atom is 0.183 e. The minimum atomic E-state index is -0.455. The highest BCUT2D eigenvalue weighted by Gasteiger charge is 2.16.